The van der Waals surface area contributed by atoms with E-state index < -0.39 is 6.10 Å². The highest BCUT2D eigenvalue weighted by Crippen LogP contribution is 2.39. The van der Waals surface area contributed by atoms with E-state index in [1.807, 2.05) is 13.8 Å². The van der Waals surface area contributed by atoms with E-state index in [0.717, 1.165) is 18.4 Å². The summed E-state index contributed by atoms with van der Waals surface area (Å²) in [4.78, 5) is 14.1. The lowest BCUT2D eigenvalue weighted by Crippen LogP contribution is -2.47. The van der Waals surface area contributed by atoms with Crippen LogP contribution in [-0.2, 0) is 6.54 Å². The number of aliphatic hydroxyl groups excluding tert-OH is 1. The molecule has 0 saturated carbocycles. The van der Waals surface area contributed by atoms with Gasteiger partial charge in [0.2, 0.25) is 0 Å². The molecule has 2 rings (SSSR count). The standard InChI is InChI=1S/C17H26N2O4/c1-5-11(6-2)18-17(21)19-9-12-14(22-3)7-8-15(23-4)16(12)13(20)10-19/h7-8,11,13,20H,5-6,9-10H2,1-4H3,(H,18,21)/t13-/m1/s1. The molecular weight excluding hydrogens is 296 g/mol. The Morgan fingerprint density at radius 1 is 1.30 bits per heavy atom. The van der Waals surface area contributed by atoms with Crippen LogP contribution in [0.3, 0.4) is 0 Å². The number of hydrogen-bond donors (Lipinski definition) is 2. The molecule has 0 spiro atoms. The van der Waals surface area contributed by atoms with E-state index in [1.165, 1.54) is 0 Å². The van der Waals surface area contributed by atoms with Crippen molar-refractivity contribution < 1.29 is 19.4 Å². The molecule has 1 atom stereocenters. The number of β-amino-alcohol motifs (C(OH)–C–C–N with tert-alkyl or cyclic N) is 1. The smallest absolute Gasteiger partial charge is 0.318 e. The van der Waals surface area contributed by atoms with Crippen LogP contribution < -0.4 is 14.8 Å². The van der Waals surface area contributed by atoms with Crippen molar-refractivity contribution in [2.24, 2.45) is 0 Å². The maximum atomic E-state index is 12.5. The fourth-order valence-electron chi connectivity index (χ4n) is 2.99. The summed E-state index contributed by atoms with van der Waals surface area (Å²) in [5.74, 6) is 1.27. The number of ether oxygens (including phenoxy) is 2. The van der Waals surface area contributed by atoms with Crippen LogP contribution in [0.5, 0.6) is 11.5 Å². The highest BCUT2D eigenvalue weighted by Gasteiger charge is 2.32. The van der Waals surface area contributed by atoms with Gasteiger partial charge in [-0.3, -0.25) is 0 Å². The monoisotopic (exact) mass is 322 g/mol. The Kier molecular flexibility index (Phi) is 5.71. The lowest BCUT2D eigenvalue weighted by Gasteiger charge is -2.34. The van der Waals surface area contributed by atoms with E-state index in [1.54, 1.807) is 31.3 Å². The van der Waals surface area contributed by atoms with Crippen LogP contribution in [0.4, 0.5) is 4.79 Å². The van der Waals surface area contributed by atoms with Crippen LogP contribution in [0.2, 0.25) is 0 Å². The van der Waals surface area contributed by atoms with Crippen molar-refractivity contribution in [2.45, 2.75) is 45.4 Å². The Balaban J connectivity index is 2.27. The zero-order valence-electron chi connectivity index (χ0n) is 14.3. The Morgan fingerprint density at radius 3 is 2.48 bits per heavy atom. The molecule has 0 fully saturated rings. The predicted molar refractivity (Wildman–Crippen MR) is 87.8 cm³/mol. The van der Waals surface area contributed by atoms with Crippen LogP contribution >= 0.6 is 0 Å². The summed E-state index contributed by atoms with van der Waals surface area (Å²) in [5, 5.41) is 13.5. The number of aliphatic hydroxyl groups is 1. The summed E-state index contributed by atoms with van der Waals surface area (Å²) < 4.78 is 10.7. The van der Waals surface area contributed by atoms with Gasteiger partial charge in [-0.2, -0.15) is 0 Å². The SMILES string of the molecule is CCC(CC)NC(=O)N1Cc2c(OC)ccc(OC)c2[C@H](O)C1. The number of amides is 2. The molecule has 0 bridgehead atoms. The lowest BCUT2D eigenvalue weighted by molar-refractivity contribution is 0.0993. The molecule has 2 amide bonds. The van der Waals surface area contributed by atoms with Crippen molar-refractivity contribution in [3.63, 3.8) is 0 Å². The fourth-order valence-corrected chi connectivity index (χ4v) is 2.99. The summed E-state index contributed by atoms with van der Waals surface area (Å²) in [6.07, 6.45) is 0.967. The molecule has 23 heavy (non-hydrogen) atoms. The first-order chi connectivity index (χ1) is 11.0. The van der Waals surface area contributed by atoms with Gasteiger partial charge in [0.05, 0.1) is 27.3 Å². The van der Waals surface area contributed by atoms with E-state index >= 15 is 0 Å². The Bertz CT molecular complexity index is 558. The number of fused-ring (bicyclic) bond motifs is 1. The summed E-state index contributed by atoms with van der Waals surface area (Å²) in [6.45, 7) is 4.71. The molecule has 6 heteroatoms. The molecular formula is C17H26N2O4. The molecule has 1 aliphatic heterocycles. The molecule has 1 aromatic rings. The highest BCUT2D eigenvalue weighted by atomic mass is 16.5. The van der Waals surface area contributed by atoms with E-state index in [9.17, 15) is 9.90 Å². The van der Waals surface area contributed by atoms with Crippen molar-refractivity contribution in [3.05, 3.63) is 23.3 Å². The number of methoxy groups -OCH3 is 2. The highest BCUT2D eigenvalue weighted by molar-refractivity contribution is 5.75. The molecule has 128 valence electrons. The second-order valence-electron chi connectivity index (χ2n) is 5.72. The predicted octanol–water partition coefficient (Wildman–Crippen LogP) is 2.45. The molecule has 0 radical (unpaired) electrons. The Labute approximate surface area is 137 Å². The quantitative estimate of drug-likeness (QED) is 0.873. The lowest BCUT2D eigenvalue weighted by atomic mass is 9.95. The third kappa shape index (κ3) is 3.52. The van der Waals surface area contributed by atoms with Crippen LogP contribution in [0.15, 0.2) is 12.1 Å². The summed E-state index contributed by atoms with van der Waals surface area (Å²) >= 11 is 0. The van der Waals surface area contributed by atoms with Crippen molar-refractivity contribution in [2.75, 3.05) is 20.8 Å². The third-order valence-corrected chi connectivity index (χ3v) is 4.39. The molecule has 2 N–H and O–H groups in total. The summed E-state index contributed by atoms with van der Waals surface area (Å²) in [5.41, 5.74) is 1.50. The Hall–Kier alpha value is -1.95. The zero-order chi connectivity index (χ0) is 17.0. The van der Waals surface area contributed by atoms with Crippen LogP contribution in [0.25, 0.3) is 0 Å². The van der Waals surface area contributed by atoms with Gasteiger partial charge >= 0.3 is 6.03 Å². The first-order valence-electron chi connectivity index (χ1n) is 8.02. The number of carbonyl (C=O) groups excluding carboxylic acids is 1. The molecule has 0 saturated heterocycles. The van der Waals surface area contributed by atoms with Crippen LogP contribution in [-0.4, -0.2) is 42.8 Å². The molecule has 1 aliphatic rings. The van der Waals surface area contributed by atoms with E-state index in [4.69, 9.17) is 9.47 Å². The minimum atomic E-state index is -0.795. The summed E-state index contributed by atoms with van der Waals surface area (Å²) in [6, 6.07) is 3.56. The summed E-state index contributed by atoms with van der Waals surface area (Å²) in [7, 11) is 3.15. The van der Waals surface area contributed by atoms with Gasteiger partial charge < -0.3 is 24.8 Å². The minimum Gasteiger partial charge on any atom is -0.496 e. The first kappa shape index (κ1) is 17.4. The second-order valence-corrected chi connectivity index (χ2v) is 5.72. The van der Waals surface area contributed by atoms with Gasteiger partial charge in [-0.25, -0.2) is 4.79 Å². The normalized spacial score (nSPS) is 17.0. The topological polar surface area (TPSA) is 71.0 Å². The molecule has 1 heterocycles. The molecule has 0 aliphatic carbocycles. The van der Waals surface area contributed by atoms with E-state index in [0.29, 0.717) is 23.6 Å². The van der Waals surface area contributed by atoms with Gasteiger partial charge in [0.25, 0.3) is 0 Å². The number of nitrogens with one attached hydrogen (secondary N) is 1. The largest absolute Gasteiger partial charge is 0.496 e. The first-order valence-corrected chi connectivity index (χ1v) is 8.02. The van der Waals surface area contributed by atoms with Crippen LogP contribution in [0, 0.1) is 0 Å². The maximum absolute atomic E-state index is 12.5. The maximum Gasteiger partial charge on any atom is 0.318 e. The number of urea groups is 1. The Morgan fingerprint density at radius 2 is 1.91 bits per heavy atom. The number of nitrogens with zero attached hydrogens (tertiary/aromatic N) is 1. The molecule has 0 aromatic heterocycles. The molecule has 0 unspecified atom stereocenters. The van der Waals surface area contributed by atoms with E-state index in [2.05, 4.69) is 5.32 Å². The fraction of sp³-hybridized carbons (Fsp3) is 0.588. The number of carbonyl (C=O) groups is 1. The van der Waals surface area contributed by atoms with Crippen molar-refractivity contribution >= 4 is 6.03 Å². The van der Waals surface area contributed by atoms with Gasteiger partial charge in [0.1, 0.15) is 17.6 Å². The van der Waals surface area contributed by atoms with Gasteiger partial charge in [0, 0.05) is 17.2 Å². The van der Waals surface area contributed by atoms with Gasteiger partial charge in [-0.15, -0.1) is 0 Å². The van der Waals surface area contributed by atoms with Crippen molar-refractivity contribution in [1.29, 1.82) is 0 Å². The second kappa shape index (κ2) is 7.55. The van der Waals surface area contributed by atoms with Crippen molar-refractivity contribution in [1.82, 2.24) is 10.2 Å². The molecule has 1 aromatic carbocycles. The van der Waals surface area contributed by atoms with Crippen LogP contribution in [0.1, 0.15) is 43.9 Å². The average Bonchev–Trinajstić information content (AvgIpc) is 2.58. The van der Waals surface area contributed by atoms with Gasteiger partial charge in [-0.1, -0.05) is 13.8 Å². The van der Waals surface area contributed by atoms with Gasteiger partial charge in [0.15, 0.2) is 0 Å². The number of rotatable bonds is 5. The third-order valence-electron chi connectivity index (χ3n) is 4.39. The minimum absolute atomic E-state index is 0.147. The number of hydrogen-bond acceptors (Lipinski definition) is 4. The number of benzene rings is 1. The van der Waals surface area contributed by atoms with E-state index in [-0.39, 0.29) is 18.6 Å². The molecule has 6 nitrogen and oxygen atoms in total. The average molecular weight is 322 g/mol. The van der Waals surface area contributed by atoms with Gasteiger partial charge in [-0.05, 0) is 25.0 Å². The zero-order valence-corrected chi connectivity index (χ0v) is 14.3. The van der Waals surface area contributed by atoms with Crippen molar-refractivity contribution in [3.8, 4) is 11.5 Å².